The van der Waals surface area contributed by atoms with Crippen molar-refractivity contribution in [1.29, 1.82) is 0 Å². The van der Waals surface area contributed by atoms with E-state index in [0.717, 1.165) is 10.6 Å². The topological polar surface area (TPSA) is 23.5 Å². The number of benzene rings is 1. The summed E-state index contributed by atoms with van der Waals surface area (Å²) >= 11 is 17.8. The van der Waals surface area contributed by atoms with Gasteiger partial charge in [0.05, 0.1) is 0 Å². The Morgan fingerprint density at radius 2 is 1.73 bits per heavy atom. The van der Waals surface area contributed by atoms with Gasteiger partial charge in [0.25, 0.3) is 0 Å². The summed E-state index contributed by atoms with van der Waals surface area (Å²) in [6.45, 7) is 1.88. The first-order chi connectivity index (χ1) is 6.91. The van der Waals surface area contributed by atoms with Crippen LogP contribution in [0.4, 0.5) is 0 Å². The molecule has 0 aliphatic heterocycles. The Bertz CT molecular complexity index is 332. The monoisotopic (exact) mass is 267 g/mol. The number of nitrogens with zero attached hydrogens (tertiary/aromatic N) is 1. The molecule has 0 aliphatic carbocycles. The maximum atomic E-state index is 9.24. The van der Waals surface area contributed by atoms with Gasteiger partial charge in [-0.05, 0) is 31.0 Å². The van der Waals surface area contributed by atoms with Gasteiger partial charge in [-0.25, -0.2) is 0 Å². The van der Waals surface area contributed by atoms with E-state index >= 15 is 0 Å². The van der Waals surface area contributed by atoms with Gasteiger partial charge in [0.1, 0.15) is 0 Å². The van der Waals surface area contributed by atoms with Crippen LogP contribution < -0.4 is 0 Å². The molecule has 0 bridgehead atoms. The minimum absolute atomic E-state index is 0.0545. The van der Waals surface area contributed by atoms with Gasteiger partial charge in [-0.2, -0.15) is 5.06 Å². The van der Waals surface area contributed by atoms with Crippen molar-refractivity contribution in [3.05, 3.63) is 32.8 Å². The second-order valence-electron chi connectivity index (χ2n) is 3.47. The van der Waals surface area contributed by atoms with Crippen molar-refractivity contribution in [2.75, 3.05) is 7.05 Å². The van der Waals surface area contributed by atoms with Crippen molar-refractivity contribution in [2.24, 2.45) is 0 Å². The average Bonchev–Trinajstić information content (AvgIpc) is 2.10. The molecular weight excluding hydrogens is 256 g/mol. The highest BCUT2D eigenvalue weighted by atomic mass is 35.5. The summed E-state index contributed by atoms with van der Waals surface area (Å²) in [6.07, 6.45) is 0.571. The van der Waals surface area contributed by atoms with Gasteiger partial charge < -0.3 is 5.21 Å². The standard InChI is InChI=1S/C10H12Cl3NO/c1-6(14(2)15)3-8-9(12)4-7(11)5-10(8)13/h4-6,15H,3H2,1-2H3. The average molecular weight is 269 g/mol. The Kier molecular flexibility index (Phi) is 4.68. The van der Waals surface area contributed by atoms with Gasteiger partial charge in [-0.3, -0.25) is 0 Å². The number of likely N-dealkylation sites (N-methyl/N-ethyl adjacent to an activating group) is 1. The fourth-order valence-electron chi connectivity index (χ4n) is 1.19. The second-order valence-corrected chi connectivity index (χ2v) is 4.73. The number of rotatable bonds is 3. The quantitative estimate of drug-likeness (QED) is 0.841. The van der Waals surface area contributed by atoms with Gasteiger partial charge in [-0.15, -0.1) is 0 Å². The summed E-state index contributed by atoms with van der Waals surface area (Å²) in [7, 11) is 1.59. The minimum Gasteiger partial charge on any atom is -0.314 e. The highest BCUT2D eigenvalue weighted by molar-refractivity contribution is 6.39. The summed E-state index contributed by atoms with van der Waals surface area (Å²) in [4.78, 5) is 0. The highest BCUT2D eigenvalue weighted by Crippen LogP contribution is 2.30. The van der Waals surface area contributed by atoms with E-state index in [9.17, 15) is 5.21 Å². The van der Waals surface area contributed by atoms with Crippen LogP contribution in [0.15, 0.2) is 12.1 Å². The maximum absolute atomic E-state index is 9.24. The van der Waals surface area contributed by atoms with Gasteiger partial charge in [0.2, 0.25) is 0 Å². The molecule has 0 saturated carbocycles. The zero-order valence-electron chi connectivity index (χ0n) is 8.47. The van der Waals surface area contributed by atoms with Crippen molar-refractivity contribution < 1.29 is 5.21 Å². The minimum atomic E-state index is -0.0545. The van der Waals surface area contributed by atoms with Crippen LogP contribution in [0.5, 0.6) is 0 Å². The lowest BCUT2D eigenvalue weighted by Gasteiger charge is -2.19. The van der Waals surface area contributed by atoms with Crippen LogP contribution in [0, 0.1) is 0 Å². The van der Waals surface area contributed by atoms with Crippen LogP contribution in [0.2, 0.25) is 15.1 Å². The summed E-state index contributed by atoms with van der Waals surface area (Å²) in [5, 5.41) is 11.9. The molecule has 15 heavy (non-hydrogen) atoms. The molecule has 1 aromatic carbocycles. The van der Waals surface area contributed by atoms with Gasteiger partial charge in [-0.1, -0.05) is 34.8 Å². The zero-order valence-corrected chi connectivity index (χ0v) is 10.7. The van der Waals surface area contributed by atoms with Crippen molar-refractivity contribution in [1.82, 2.24) is 5.06 Å². The van der Waals surface area contributed by atoms with Crippen LogP contribution in [0.25, 0.3) is 0 Å². The number of hydrogen-bond acceptors (Lipinski definition) is 2. The fourth-order valence-corrected chi connectivity index (χ4v) is 2.17. The molecule has 0 fully saturated rings. The molecule has 1 aromatic rings. The van der Waals surface area contributed by atoms with E-state index in [-0.39, 0.29) is 6.04 Å². The number of hydroxylamine groups is 2. The lowest BCUT2D eigenvalue weighted by atomic mass is 10.1. The first-order valence-corrected chi connectivity index (χ1v) is 5.60. The van der Waals surface area contributed by atoms with E-state index in [4.69, 9.17) is 34.8 Å². The van der Waals surface area contributed by atoms with Gasteiger partial charge in [0.15, 0.2) is 0 Å². The molecule has 2 nitrogen and oxygen atoms in total. The summed E-state index contributed by atoms with van der Waals surface area (Å²) in [5.74, 6) is 0. The summed E-state index contributed by atoms with van der Waals surface area (Å²) < 4.78 is 0. The van der Waals surface area contributed by atoms with E-state index in [2.05, 4.69) is 0 Å². The molecule has 0 amide bonds. The smallest absolute Gasteiger partial charge is 0.0468 e. The molecule has 84 valence electrons. The molecule has 1 rings (SSSR count). The van der Waals surface area contributed by atoms with Gasteiger partial charge in [0, 0.05) is 28.2 Å². The Labute approximate surface area is 104 Å². The maximum Gasteiger partial charge on any atom is 0.0468 e. The van der Waals surface area contributed by atoms with E-state index in [1.807, 2.05) is 6.92 Å². The molecule has 0 spiro atoms. The molecule has 1 atom stereocenters. The predicted molar refractivity (Wildman–Crippen MR) is 64.2 cm³/mol. The van der Waals surface area contributed by atoms with E-state index < -0.39 is 0 Å². The van der Waals surface area contributed by atoms with Crippen LogP contribution in [-0.4, -0.2) is 23.4 Å². The molecule has 5 heteroatoms. The predicted octanol–water partition coefficient (Wildman–Crippen LogP) is 3.90. The van der Waals surface area contributed by atoms with E-state index in [1.165, 1.54) is 0 Å². The lowest BCUT2D eigenvalue weighted by molar-refractivity contribution is -0.0963. The van der Waals surface area contributed by atoms with Crippen molar-refractivity contribution >= 4 is 34.8 Å². The number of halogens is 3. The fraction of sp³-hybridized carbons (Fsp3) is 0.400. The molecule has 0 heterocycles. The van der Waals surface area contributed by atoms with Crippen molar-refractivity contribution in [3.8, 4) is 0 Å². The molecular formula is C10H12Cl3NO. The molecule has 0 saturated heterocycles. The Morgan fingerprint density at radius 1 is 1.27 bits per heavy atom. The number of hydrogen-bond donors (Lipinski definition) is 1. The second kappa shape index (κ2) is 5.37. The Balaban J connectivity index is 2.95. The Morgan fingerprint density at radius 3 is 2.13 bits per heavy atom. The highest BCUT2D eigenvalue weighted by Gasteiger charge is 2.13. The summed E-state index contributed by atoms with van der Waals surface area (Å²) in [6, 6.07) is 3.24. The molecule has 1 N–H and O–H groups in total. The van der Waals surface area contributed by atoms with Crippen molar-refractivity contribution in [3.63, 3.8) is 0 Å². The van der Waals surface area contributed by atoms with Crippen LogP contribution in [0.3, 0.4) is 0 Å². The Hall–Kier alpha value is 0.01000. The molecule has 0 aromatic heterocycles. The normalized spacial score (nSPS) is 13.3. The van der Waals surface area contributed by atoms with Crippen molar-refractivity contribution in [2.45, 2.75) is 19.4 Å². The van der Waals surface area contributed by atoms with Gasteiger partial charge >= 0.3 is 0 Å². The third-order valence-corrected chi connectivity index (χ3v) is 3.14. The molecule has 1 unspecified atom stereocenters. The third-order valence-electron chi connectivity index (χ3n) is 2.24. The first kappa shape index (κ1) is 13.1. The van der Waals surface area contributed by atoms with E-state index in [0.29, 0.717) is 21.5 Å². The SMILES string of the molecule is CC(Cc1c(Cl)cc(Cl)cc1Cl)N(C)O. The largest absolute Gasteiger partial charge is 0.314 e. The molecule has 0 aliphatic rings. The third kappa shape index (κ3) is 3.51. The van der Waals surface area contributed by atoms with Crippen LogP contribution in [-0.2, 0) is 6.42 Å². The van der Waals surface area contributed by atoms with Crippen LogP contribution in [0.1, 0.15) is 12.5 Å². The van der Waals surface area contributed by atoms with E-state index in [1.54, 1.807) is 19.2 Å². The molecule has 0 radical (unpaired) electrons. The zero-order chi connectivity index (χ0) is 11.6. The van der Waals surface area contributed by atoms with Crippen LogP contribution >= 0.6 is 34.8 Å². The first-order valence-electron chi connectivity index (χ1n) is 4.47. The lowest BCUT2D eigenvalue weighted by Crippen LogP contribution is -2.27. The summed E-state index contributed by atoms with van der Waals surface area (Å²) in [5.41, 5.74) is 0.802.